The molecule has 0 fully saturated rings. The van der Waals surface area contributed by atoms with Crippen molar-refractivity contribution >= 4 is 11.3 Å². The zero-order valence-electron chi connectivity index (χ0n) is 5.38. The lowest BCUT2D eigenvalue weighted by molar-refractivity contribution is 1.46. The Balaban J connectivity index is 3.23. The molecule has 3 heteroatoms. The van der Waals surface area contributed by atoms with Gasteiger partial charge in [0.1, 0.15) is 21.9 Å². The number of nitriles is 2. The number of hydrogen-bond acceptors (Lipinski definition) is 3. The van der Waals surface area contributed by atoms with Crippen LogP contribution in [0.3, 0.4) is 0 Å². The molecule has 1 aromatic heterocycles. The quantitative estimate of drug-likeness (QED) is 0.563. The number of nitrogens with zero attached hydrogens (tertiary/aromatic N) is 2. The molecule has 2 nitrogen and oxygen atoms in total. The first-order valence-corrected chi connectivity index (χ1v) is 3.50. The van der Waals surface area contributed by atoms with Gasteiger partial charge in [-0.05, 0) is 18.6 Å². The van der Waals surface area contributed by atoms with Crippen LogP contribution in [0.15, 0.2) is 6.07 Å². The Morgan fingerprint density at radius 1 is 1.40 bits per heavy atom. The second-order valence-corrected chi connectivity index (χ2v) is 2.90. The van der Waals surface area contributed by atoms with Crippen molar-refractivity contribution in [2.75, 3.05) is 0 Å². The van der Waals surface area contributed by atoms with Crippen LogP contribution in [0.1, 0.15) is 15.3 Å². The molecule has 1 rings (SSSR count). The van der Waals surface area contributed by atoms with Crippen LogP contribution in [0, 0.1) is 29.6 Å². The van der Waals surface area contributed by atoms with Crippen molar-refractivity contribution in [3.63, 3.8) is 0 Å². The fraction of sp³-hybridized carbons (Fsp3) is 0.143. The first-order chi connectivity index (χ1) is 4.77. The molecule has 0 amide bonds. The highest BCUT2D eigenvalue weighted by Gasteiger charge is 2.02. The Bertz CT molecular complexity index is 324. The summed E-state index contributed by atoms with van der Waals surface area (Å²) in [7, 11) is 0. The lowest BCUT2D eigenvalue weighted by atomic mass is 10.3. The van der Waals surface area contributed by atoms with E-state index in [1.807, 2.05) is 19.1 Å². The van der Waals surface area contributed by atoms with Crippen molar-refractivity contribution in [3.05, 3.63) is 21.4 Å². The number of aryl methyl sites for hydroxylation is 1. The molecule has 0 saturated heterocycles. The van der Waals surface area contributed by atoms with Gasteiger partial charge in [-0.25, -0.2) is 0 Å². The van der Waals surface area contributed by atoms with Crippen molar-refractivity contribution < 1.29 is 0 Å². The Kier molecular flexibility index (Phi) is 1.71. The summed E-state index contributed by atoms with van der Waals surface area (Å²) < 4.78 is 0. The van der Waals surface area contributed by atoms with Crippen LogP contribution in [0.2, 0.25) is 0 Å². The third kappa shape index (κ3) is 1.00. The van der Waals surface area contributed by atoms with Gasteiger partial charge < -0.3 is 0 Å². The average molecular weight is 148 g/mol. The van der Waals surface area contributed by atoms with Crippen LogP contribution in [-0.2, 0) is 0 Å². The van der Waals surface area contributed by atoms with E-state index in [1.165, 1.54) is 11.3 Å². The molecule has 0 aliphatic carbocycles. The smallest absolute Gasteiger partial charge is 0.110 e. The standard InChI is InChI=1S/C7H4N2S/c1-5-2-6(3-8)10-7(5)4-9/h2H,1H3. The lowest BCUT2D eigenvalue weighted by Gasteiger charge is -1.76. The zero-order chi connectivity index (χ0) is 7.56. The fourth-order valence-corrected chi connectivity index (χ4v) is 1.42. The van der Waals surface area contributed by atoms with Crippen LogP contribution in [0.5, 0.6) is 0 Å². The van der Waals surface area contributed by atoms with Crippen LogP contribution in [-0.4, -0.2) is 0 Å². The molecule has 0 saturated carbocycles. The molecule has 0 spiro atoms. The highest BCUT2D eigenvalue weighted by Crippen LogP contribution is 2.19. The molecule has 0 bridgehead atoms. The highest BCUT2D eigenvalue weighted by molar-refractivity contribution is 7.13. The molecule has 1 heterocycles. The SMILES string of the molecule is Cc1cc(C#N)sc1C#N. The summed E-state index contributed by atoms with van der Waals surface area (Å²) in [6.07, 6.45) is 0. The summed E-state index contributed by atoms with van der Waals surface area (Å²) in [5, 5.41) is 16.9. The highest BCUT2D eigenvalue weighted by atomic mass is 32.1. The van der Waals surface area contributed by atoms with E-state index in [1.54, 1.807) is 6.07 Å². The molecule has 0 unspecified atom stereocenters. The summed E-state index contributed by atoms with van der Waals surface area (Å²) >= 11 is 1.24. The second kappa shape index (κ2) is 2.51. The predicted octanol–water partition coefficient (Wildman–Crippen LogP) is 1.80. The van der Waals surface area contributed by atoms with E-state index >= 15 is 0 Å². The first-order valence-electron chi connectivity index (χ1n) is 2.68. The fourth-order valence-electron chi connectivity index (χ4n) is 0.648. The summed E-state index contributed by atoms with van der Waals surface area (Å²) in [4.78, 5) is 1.24. The normalized spacial score (nSPS) is 8.30. The van der Waals surface area contributed by atoms with Gasteiger partial charge in [0.25, 0.3) is 0 Å². The van der Waals surface area contributed by atoms with Gasteiger partial charge in [-0.15, -0.1) is 11.3 Å². The molecule has 10 heavy (non-hydrogen) atoms. The molecular weight excluding hydrogens is 144 g/mol. The van der Waals surface area contributed by atoms with Gasteiger partial charge in [0, 0.05) is 0 Å². The third-order valence-corrected chi connectivity index (χ3v) is 2.18. The molecule has 48 valence electrons. The maximum atomic E-state index is 8.48. The van der Waals surface area contributed by atoms with Crippen molar-refractivity contribution in [1.29, 1.82) is 10.5 Å². The van der Waals surface area contributed by atoms with E-state index in [4.69, 9.17) is 10.5 Å². The Labute approximate surface area is 63.0 Å². The van der Waals surface area contributed by atoms with Crippen molar-refractivity contribution in [1.82, 2.24) is 0 Å². The minimum absolute atomic E-state index is 0.606. The van der Waals surface area contributed by atoms with Crippen LogP contribution in [0.25, 0.3) is 0 Å². The second-order valence-electron chi connectivity index (χ2n) is 1.85. The van der Waals surface area contributed by atoms with E-state index in [-0.39, 0.29) is 0 Å². The van der Waals surface area contributed by atoms with Crippen molar-refractivity contribution in [2.24, 2.45) is 0 Å². The van der Waals surface area contributed by atoms with Crippen molar-refractivity contribution in [2.45, 2.75) is 6.92 Å². The van der Waals surface area contributed by atoms with Gasteiger partial charge in [-0.3, -0.25) is 0 Å². The van der Waals surface area contributed by atoms with E-state index in [2.05, 4.69) is 0 Å². The molecule has 0 atom stereocenters. The summed E-state index contributed by atoms with van der Waals surface area (Å²) in [5.41, 5.74) is 0.893. The van der Waals surface area contributed by atoms with E-state index in [9.17, 15) is 0 Å². The molecular formula is C7H4N2S. The third-order valence-electron chi connectivity index (χ3n) is 1.13. The summed E-state index contributed by atoms with van der Waals surface area (Å²) in [6, 6.07) is 5.73. The van der Waals surface area contributed by atoms with Crippen LogP contribution >= 0.6 is 11.3 Å². The van der Waals surface area contributed by atoms with Gasteiger partial charge in [0.2, 0.25) is 0 Å². The van der Waals surface area contributed by atoms with E-state index in [0.717, 1.165) is 5.56 Å². The Morgan fingerprint density at radius 2 is 2.10 bits per heavy atom. The van der Waals surface area contributed by atoms with Gasteiger partial charge in [-0.2, -0.15) is 10.5 Å². The first kappa shape index (κ1) is 6.80. The molecule has 0 N–H and O–H groups in total. The number of hydrogen-bond donors (Lipinski definition) is 0. The molecule has 0 aliphatic heterocycles. The maximum Gasteiger partial charge on any atom is 0.110 e. The predicted molar refractivity (Wildman–Crippen MR) is 38.5 cm³/mol. The maximum absolute atomic E-state index is 8.48. The van der Waals surface area contributed by atoms with Gasteiger partial charge in [0.15, 0.2) is 0 Å². The van der Waals surface area contributed by atoms with Crippen LogP contribution in [0.4, 0.5) is 0 Å². The van der Waals surface area contributed by atoms with Gasteiger partial charge in [-0.1, -0.05) is 0 Å². The molecule has 0 aliphatic rings. The minimum Gasteiger partial charge on any atom is -0.192 e. The zero-order valence-corrected chi connectivity index (χ0v) is 6.20. The van der Waals surface area contributed by atoms with Crippen LogP contribution < -0.4 is 0 Å². The average Bonchev–Trinajstić information content (AvgIpc) is 2.30. The topological polar surface area (TPSA) is 47.6 Å². The number of rotatable bonds is 0. The van der Waals surface area contributed by atoms with Gasteiger partial charge >= 0.3 is 0 Å². The molecule has 0 aromatic carbocycles. The molecule has 1 aromatic rings. The monoisotopic (exact) mass is 148 g/mol. The van der Waals surface area contributed by atoms with Crippen molar-refractivity contribution in [3.8, 4) is 12.1 Å². The largest absolute Gasteiger partial charge is 0.192 e. The van der Waals surface area contributed by atoms with Gasteiger partial charge in [0.05, 0.1) is 0 Å². The van der Waals surface area contributed by atoms with E-state index in [0.29, 0.717) is 9.75 Å². The summed E-state index contributed by atoms with van der Waals surface area (Å²) in [6.45, 7) is 1.83. The lowest BCUT2D eigenvalue weighted by Crippen LogP contribution is -1.65. The molecule has 0 radical (unpaired) electrons. The van der Waals surface area contributed by atoms with E-state index < -0.39 is 0 Å². The Morgan fingerprint density at radius 3 is 2.40 bits per heavy atom. The summed E-state index contributed by atoms with van der Waals surface area (Å²) in [5.74, 6) is 0. The minimum atomic E-state index is 0.606. The Hall–Kier alpha value is -1.32. The number of thiophene rings is 1.